The van der Waals surface area contributed by atoms with Crippen molar-refractivity contribution in [1.29, 1.82) is 0 Å². The van der Waals surface area contributed by atoms with Crippen LogP contribution < -0.4 is 9.62 Å². The van der Waals surface area contributed by atoms with Crippen LogP contribution in [0.1, 0.15) is 54.9 Å². The molecule has 1 fully saturated rings. The summed E-state index contributed by atoms with van der Waals surface area (Å²) < 4.78 is 26.6. The molecule has 7 heteroatoms. The minimum absolute atomic E-state index is 0.289. The zero-order valence-corrected chi connectivity index (χ0v) is 21.1. The second kappa shape index (κ2) is 11.2. The standard InChI is InChI=1S/C26H37N3O3S/c1-5-25(29(33(4,31)32)24-13-12-20(2)21(3)16-24)26(30)27-18-22-10-9-11-23(17-22)19-28-14-7-6-8-15-28/h9-13,16-17,25H,5-8,14-15,18-19H2,1-4H3,(H,27,30)/t25-/m1/s1. The number of benzene rings is 2. The van der Waals surface area contributed by atoms with Crippen LogP contribution in [-0.2, 0) is 27.9 Å². The third-order valence-electron chi connectivity index (χ3n) is 6.39. The summed E-state index contributed by atoms with van der Waals surface area (Å²) in [6.45, 7) is 9.33. The van der Waals surface area contributed by atoms with Crippen LogP contribution in [0.15, 0.2) is 42.5 Å². The lowest BCUT2D eigenvalue weighted by Gasteiger charge is -2.30. The highest BCUT2D eigenvalue weighted by Crippen LogP contribution is 2.25. The number of rotatable bonds is 9. The molecule has 0 spiro atoms. The minimum atomic E-state index is -3.64. The second-order valence-electron chi connectivity index (χ2n) is 9.13. The van der Waals surface area contributed by atoms with E-state index in [4.69, 9.17) is 0 Å². The number of nitrogens with zero attached hydrogens (tertiary/aromatic N) is 2. The molecule has 3 rings (SSSR count). The van der Waals surface area contributed by atoms with Gasteiger partial charge in [0, 0.05) is 13.1 Å². The molecule has 0 radical (unpaired) electrons. The van der Waals surface area contributed by atoms with Gasteiger partial charge in [-0.15, -0.1) is 0 Å². The summed E-state index contributed by atoms with van der Waals surface area (Å²) in [6, 6.07) is 13.0. The summed E-state index contributed by atoms with van der Waals surface area (Å²) >= 11 is 0. The molecule has 0 saturated carbocycles. The first-order chi connectivity index (χ1) is 15.7. The third-order valence-corrected chi connectivity index (χ3v) is 7.57. The average molecular weight is 472 g/mol. The predicted octanol–water partition coefficient (Wildman–Crippen LogP) is 4.15. The monoisotopic (exact) mass is 471 g/mol. The van der Waals surface area contributed by atoms with Gasteiger partial charge < -0.3 is 5.32 Å². The van der Waals surface area contributed by atoms with Gasteiger partial charge in [0.05, 0.1) is 11.9 Å². The summed E-state index contributed by atoms with van der Waals surface area (Å²) in [6.07, 6.45) is 5.36. The van der Waals surface area contributed by atoms with E-state index in [9.17, 15) is 13.2 Å². The SMILES string of the molecule is CC[C@H](C(=O)NCc1cccc(CN2CCCCC2)c1)N(c1ccc(C)c(C)c1)S(C)(=O)=O. The number of amides is 1. The molecule has 180 valence electrons. The first-order valence-corrected chi connectivity index (χ1v) is 13.7. The van der Waals surface area contributed by atoms with Crippen LogP contribution in [0.25, 0.3) is 0 Å². The Labute approximate surface area is 199 Å². The average Bonchev–Trinajstić information content (AvgIpc) is 2.78. The van der Waals surface area contributed by atoms with Gasteiger partial charge in [-0.2, -0.15) is 0 Å². The van der Waals surface area contributed by atoms with E-state index in [0.29, 0.717) is 18.7 Å². The largest absolute Gasteiger partial charge is 0.350 e. The third kappa shape index (κ3) is 6.81. The van der Waals surface area contributed by atoms with E-state index in [-0.39, 0.29) is 5.91 Å². The fraction of sp³-hybridized carbons (Fsp3) is 0.500. The van der Waals surface area contributed by atoms with E-state index in [0.717, 1.165) is 42.6 Å². The molecule has 0 unspecified atom stereocenters. The number of carbonyl (C=O) groups excluding carboxylic acids is 1. The van der Waals surface area contributed by atoms with Crippen molar-refractivity contribution in [3.63, 3.8) is 0 Å². The number of hydrogen-bond donors (Lipinski definition) is 1. The first kappa shape index (κ1) is 25.2. The molecule has 1 saturated heterocycles. The van der Waals surface area contributed by atoms with Gasteiger partial charge in [0.15, 0.2) is 0 Å². The lowest BCUT2D eigenvalue weighted by atomic mass is 10.1. The van der Waals surface area contributed by atoms with Crippen molar-refractivity contribution in [3.8, 4) is 0 Å². The van der Waals surface area contributed by atoms with Gasteiger partial charge >= 0.3 is 0 Å². The zero-order chi connectivity index (χ0) is 24.0. The Morgan fingerprint density at radius 2 is 1.73 bits per heavy atom. The highest BCUT2D eigenvalue weighted by molar-refractivity contribution is 7.92. The van der Waals surface area contributed by atoms with Gasteiger partial charge in [-0.3, -0.25) is 14.0 Å². The molecule has 1 N–H and O–H groups in total. The number of sulfonamides is 1. The Morgan fingerprint density at radius 3 is 2.36 bits per heavy atom. The number of carbonyl (C=O) groups is 1. The summed E-state index contributed by atoms with van der Waals surface area (Å²) in [4.78, 5) is 15.6. The maximum atomic E-state index is 13.1. The first-order valence-electron chi connectivity index (χ1n) is 11.8. The highest BCUT2D eigenvalue weighted by atomic mass is 32.2. The molecular formula is C26H37N3O3S. The number of nitrogens with one attached hydrogen (secondary N) is 1. The van der Waals surface area contributed by atoms with Crippen molar-refractivity contribution in [2.75, 3.05) is 23.7 Å². The van der Waals surface area contributed by atoms with Crippen molar-refractivity contribution >= 4 is 21.6 Å². The Kier molecular flexibility index (Phi) is 8.54. The van der Waals surface area contributed by atoms with Gasteiger partial charge in [-0.05, 0) is 80.6 Å². The quantitative estimate of drug-likeness (QED) is 0.597. The van der Waals surface area contributed by atoms with Crippen LogP contribution in [0.3, 0.4) is 0 Å². The van der Waals surface area contributed by atoms with E-state index >= 15 is 0 Å². The predicted molar refractivity (Wildman–Crippen MR) is 135 cm³/mol. The van der Waals surface area contributed by atoms with Crippen LogP contribution in [0, 0.1) is 13.8 Å². The number of hydrogen-bond acceptors (Lipinski definition) is 4. The summed E-state index contributed by atoms with van der Waals surface area (Å²) in [7, 11) is -3.64. The van der Waals surface area contributed by atoms with Crippen molar-refractivity contribution in [3.05, 3.63) is 64.7 Å². The van der Waals surface area contributed by atoms with E-state index in [1.165, 1.54) is 29.1 Å². The zero-order valence-electron chi connectivity index (χ0n) is 20.3. The second-order valence-corrected chi connectivity index (χ2v) is 11.0. The molecule has 0 bridgehead atoms. The molecule has 0 aliphatic carbocycles. The van der Waals surface area contributed by atoms with E-state index in [2.05, 4.69) is 22.3 Å². The van der Waals surface area contributed by atoms with Crippen molar-refractivity contribution in [1.82, 2.24) is 10.2 Å². The normalized spacial score (nSPS) is 15.8. The van der Waals surface area contributed by atoms with Crippen LogP contribution >= 0.6 is 0 Å². The molecule has 1 atom stereocenters. The van der Waals surface area contributed by atoms with Crippen molar-refractivity contribution < 1.29 is 13.2 Å². The fourth-order valence-corrected chi connectivity index (χ4v) is 5.65. The molecule has 2 aromatic carbocycles. The molecule has 0 aromatic heterocycles. The molecule has 6 nitrogen and oxygen atoms in total. The molecular weight excluding hydrogens is 434 g/mol. The number of likely N-dealkylation sites (tertiary alicyclic amines) is 1. The molecule has 1 aliphatic heterocycles. The molecule has 1 amide bonds. The Morgan fingerprint density at radius 1 is 1.03 bits per heavy atom. The van der Waals surface area contributed by atoms with Gasteiger partial charge in [-0.1, -0.05) is 43.7 Å². The number of aryl methyl sites for hydroxylation is 2. The Bertz CT molecular complexity index is 1060. The van der Waals surface area contributed by atoms with Gasteiger partial charge in [0.1, 0.15) is 6.04 Å². The maximum Gasteiger partial charge on any atom is 0.244 e. The van der Waals surface area contributed by atoms with Crippen LogP contribution in [-0.4, -0.2) is 44.6 Å². The van der Waals surface area contributed by atoms with Crippen molar-refractivity contribution in [2.24, 2.45) is 0 Å². The molecule has 2 aromatic rings. The number of piperidine rings is 1. The maximum absolute atomic E-state index is 13.1. The van der Waals surface area contributed by atoms with Gasteiger partial charge in [0.25, 0.3) is 0 Å². The van der Waals surface area contributed by atoms with Crippen LogP contribution in [0.2, 0.25) is 0 Å². The Hall–Kier alpha value is -2.38. The highest BCUT2D eigenvalue weighted by Gasteiger charge is 2.31. The summed E-state index contributed by atoms with van der Waals surface area (Å²) in [5.41, 5.74) is 4.84. The van der Waals surface area contributed by atoms with E-state index in [1.54, 1.807) is 6.07 Å². The minimum Gasteiger partial charge on any atom is -0.350 e. The van der Waals surface area contributed by atoms with Crippen LogP contribution in [0.4, 0.5) is 5.69 Å². The van der Waals surface area contributed by atoms with Crippen LogP contribution in [0.5, 0.6) is 0 Å². The lowest BCUT2D eigenvalue weighted by Crippen LogP contribution is -2.49. The van der Waals surface area contributed by atoms with Gasteiger partial charge in [-0.25, -0.2) is 8.42 Å². The van der Waals surface area contributed by atoms with E-state index < -0.39 is 16.1 Å². The Balaban J connectivity index is 1.71. The fourth-order valence-electron chi connectivity index (χ4n) is 4.44. The van der Waals surface area contributed by atoms with Gasteiger partial charge in [0.2, 0.25) is 15.9 Å². The number of anilines is 1. The van der Waals surface area contributed by atoms with E-state index in [1.807, 2.05) is 45.0 Å². The molecule has 33 heavy (non-hydrogen) atoms. The smallest absolute Gasteiger partial charge is 0.244 e. The molecule has 1 aliphatic rings. The van der Waals surface area contributed by atoms with Crippen molar-refractivity contribution in [2.45, 2.75) is 65.6 Å². The lowest BCUT2D eigenvalue weighted by molar-refractivity contribution is -0.122. The summed E-state index contributed by atoms with van der Waals surface area (Å²) in [5, 5.41) is 2.97. The summed E-state index contributed by atoms with van der Waals surface area (Å²) in [5.74, 6) is -0.289. The molecule has 1 heterocycles. The topological polar surface area (TPSA) is 69.7 Å².